The average Bonchev–Trinajstić information content (AvgIpc) is 2.83. The number of hydrogen-bond donors (Lipinski definition) is 0. The molecule has 184 valence electrons. The van der Waals surface area contributed by atoms with Gasteiger partial charge in [0, 0.05) is 22.5 Å². The lowest BCUT2D eigenvalue weighted by Crippen LogP contribution is -2.23. The van der Waals surface area contributed by atoms with E-state index in [1.807, 2.05) is 19.9 Å². The van der Waals surface area contributed by atoms with E-state index in [1.54, 1.807) is 36.4 Å². The van der Waals surface area contributed by atoms with Crippen LogP contribution in [0.15, 0.2) is 73.4 Å². The van der Waals surface area contributed by atoms with Crippen LogP contribution in [-0.2, 0) is 6.61 Å². The lowest BCUT2D eigenvalue weighted by Gasteiger charge is -2.13. The fraction of sp³-hybridized carbons (Fsp3) is 0.160. The first-order chi connectivity index (χ1) is 17.1. The molecule has 0 spiro atoms. The fourth-order valence-corrected chi connectivity index (χ4v) is 4.79. The molecular weight excluding hydrogens is 616 g/mol. The van der Waals surface area contributed by atoms with Gasteiger partial charge in [-0.15, -0.1) is 0 Å². The molecule has 0 aliphatic carbocycles. The average molecular weight is 635 g/mol. The van der Waals surface area contributed by atoms with Gasteiger partial charge in [0.2, 0.25) is 0 Å². The number of benzene rings is 3. The quantitative estimate of drug-likeness (QED) is 0.123. The summed E-state index contributed by atoms with van der Waals surface area (Å²) in [4.78, 5) is 28.2. The van der Waals surface area contributed by atoms with Crippen LogP contribution in [0.3, 0.4) is 0 Å². The van der Waals surface area contributed by atoms with E-state index in [4.69, 9.17) is 16.3 Å². The standard InChI is InChI=1S/C25H19Br2ClN4O4/c1-14(2)24-30-22-8-5-17(26)11-19(22)25(33)31(24)29-12-16-9-20(27)23(21(28)10-16)36-13-15-3-6-18(7-4-15)32(34)35/h3-12,14H,13H2,1-2H3. The van der Waals surface area contributed by atoms with E-state index >= 15 is 0 Å². The minimum absolute atomic E-state index is 0.00980. The van der Waals surface area contributed by atoms with E-state index in [2.05, 4.69) is 41.9 Å². The minimum Gasteiger partial charge on any atom is -0.486 e. The van der Waals surface area contributed by atoms with Crippen molar-refractivity contribution in [2.45, 2.75) is 26.4 Å². The highest BCUT2D eigenvalue weighted by molar-refractivity contribution is 9.10. The number of nitro benzene ring substituents is 1. The molecule has 1 heterocycles. The second-order valence-electron chi connectivity index (χ2n) is 8.17. The van der Waals surface area contributed by atoms with Gasteiger partial charge in [0.05, 0.1) is 31.5 Å². The number of nitrogens with zero attached hydrogens (tertiary/aromatic N) is 4. The summed E-state index contributed by atoms with van der Waals surface area (Å²) in [5.41, 5.74) is 1.75. The van der Waals surface area contributed by atoms with Crippen LogP contribution in [0.2, 0.25) is 5.02 Å². The molecule has 36 heavy (non-hydrogen) atoms. The van der Waals surface area contributed by atoms with E-state index in [0.29, 0.717) is 37.5 Å². The number of non-ortho nitro benzene ring substituents is 1. The Morgan fingerprint density at radius 3 is 2.53 bits per heavy atom. The molecule has 0 atom stereocenters. The monoisotopic (exact) mass is 632 g/mol. The zero-order valence-electron chi connectivity index (χ0n) is 19.1. The molecule has 3 aromatic carbocycles. The second-order valence-corrected chi connectivity index (χ2v) is 10.4. The van der Waals surface area contributed by atoms with Gasteiger partial charge in [0.15, 0.2) is 5.75 Å². The molecule has 0 aliphatic rings. The van der Waals surface area contributed by atoms with Crippen molar-refractivity contribution < 1.29 is 9.66 Å². The van der Waals surface area contributed by atoms with Gasteiger partial charge in [0.1, 0.15) is 12.4 Å². The number of nitro groups is 1. The molecule has 4 aromatic rings. The smallest absolute Gasteiger partial charge is 0.282 e. The first kappa shape index (κ1) is 26.0. The summed E-state index contributed by atoms with van der Waals surface area (Å²) in [6.45, 7) is 4.07. The lowest BCUT2D eigenvalue weighted by molar-refractivity contribution is -0.384. The number of halogens is 3. The molecule has 1 aromatic heterocycles. The van der Waals surface area contributed by atoms with Crippen molar-refractivity contribution in [3.63, 3.8) is 0 Å². The summed E-state index contributed by atoms with van der Waals surface area (Å²) >= 11 is 13.3. The minimum atomic E-state index is -0.455. The maximum Gasteiger partial charge on any atom is 0.282 e. The first-order valence-electron chi connectivity index (χ1n) is 10.8. The summed E-state index contributed by atoms with van der Waals surface area (Å²) < 4.78 is 8.52. The molecule has 11 heteroatoms. The molecule has 0 unspecified atom stereocenters. The Labute approximate surface area is 228 Å². The van der Waals surface area contributed by atoms with Crippen LogP contribution < -0.4 is 10.3 Å². The molecule has 0 aliphatic heterocycles. The van der Waals surface area contributed by atoms with Gasteiger partial charge in [0.25, 0.3) is 11.2 Å². The topological polar surface area (TPSA) is 99.6 Å². The van der Waals surface area contributed by atoms with E-state index in [9.17, 15) is 14.9 Å². The predicted molar refractivity (Wildman–Crippen MR) is 147 cm³/mol. The van der Waals surface area contributed by atoms with Gasteiger partial charge in [-0.2, -0.15) is 9.78 Å². The Balaban J connectivity index is 1.61. The molecule has 0 bridgehead atoms. The number of fused-ring (bicyclic) bond motifs is 1. The summed E-state index contributed by atoms with van der Waals surface area (Å²) in [6, 6.07) is 14.9. The maximum atomic E-state index is 13.2. The number of hydrogen-bond acceptors (Lipinski definition) is 6. The number of ether oxygens (including phenoxy) is 1. The highest BCUT2D eigenvalue weighted by Crippen LogP contribution is 2.35. The van der Waals surface area contributed by atoms with Crippen LogP contribution in [-0.4, -0.2) is 20.8 Å². The number of aromatic nitrogens is 2. The number of rotatable bonds is 7. The highest BCUT2D eigenvalue weighted by atomic mass is 79.9. The van der Waals surface area contributed by atoms with Crippen LogP contribution in [0.1, 0.15) is 36.7 Å². The van der Waals surface area contributed by atoms with Crippen LogP contribution >= 0.6 is 43.5 Å². The van der Waals surface area contributed by atoms with E-state index in [-0.39, 0.29) is 23.8 Å². The largest absolute Gasteiger partial charge is 0.486 e. The SMILES string of the molecule is CC(C)c1nc2ccc(Br)cc2c(=O)n1N=Cc1cc(Cl)c(OCc2ccc([N+](=O)[O-])cc2)c(Br)c1. The molecule has 4 rings (SSSR count). The third kappa shape index (κ3) is 5.66. The van der Waals surface area contributed by atoms with Gasteiger partial charge in [-0.1, -0.05) is 41.4 Å². The van der Waals surface area contributed by atoms with Crippen molar-refractivity contribution in [2.75, 3.05) is 0 Å². The molecule has 0 amide bonds. The zero-order valence-corrected chi connectivity index (χ0v) is 23.0. The van der Waals surface area contributed by atoms with Crippen molar-refractivity contribution in [3.8, 4) is 5.75 Å². The Hall–Kier alpha value is -3.08. The molecule has 0 saturated heterocycles. The fourth-order valence-electron chi connectivity index (χ4n) is 3.44. The van der Waals surface area contributed by atoms with Crippen molar-refractivity contribution in [2.24, 2.45) is 5.10 Å². The normalized spacial score (nSPS) is 11.5. The molecule has 0 saturated carbocycles. The first-order valence-corrected chi connectivity index (χ1v) is 12.7. The molecule has 0 N–H and O–H groups in total. The van der Waals surface area contributed by atoms with Crippen LogP contribution in [0.5, 0.6) is 5.75 Å². The summed E-state index contributed by atoms with van der Waals surface area (Å²) in [5, 5.41) is 16.0. The Kier molecular flexibility index (Phi) is 7.87. The van der Waals surface area contributed by atoms with Gasteiger partial charge in [-0.3, -0.25) is 14.9 Å². The Morgan fingerprint density at radius 1 is 1.17 bits per heavy atom. The molecular formula is C25H19Br2ClN4O4. The third-order valence-corrected chi connectivity index (χ3v) is 6.59. The molecule has 0 fully saturated rings. The van der Waals surface area contributed by atoms with E-state index < -0.39 is 4.92 Å². The van der Waals surface area contributed by atoms with Gasteiger partial charge >= 0.3 is 0 Å². The summed E-state index contributed by atoms with van der Waals surface area (Å²) in [5.74, 6) is 0.928. The summed E-state index contributed by atoms with van der Waals surface area (Å²) in [7, 11) is 0. The molecule has 0 radical (unpaired) electrons. The second kappa shape index (κ2) is 10.9. The third-order valence-electron chi connectivity index (χ3n) is 5.22. The van der Waals surface area contributed by atoms with Gasteiger partial charge in [-0.05, 0) is 69.5 Å². The highest BCUT2D eigenvalue weighted by Gasteiger charge is 2.15. The lowest BCUT2D eigenvalue weighted by atomic mass is 10.2. The Morgan fingerprint density at radius 2 is 1.89 bits per heavy atom. The van der Waals surface area contributed by atoms with Crippen LogP contribution in [0, 0.1) is 10.1 Å². The van der Waals surface area contributed by atoms with Crippen molar-refractivity contribution in [1.82, 2.24) is 9.66 Å². The molecule has 8 nitrogen and oxygen atoms in total. The van der Waals surface area contributed by atoms with Gasteiger partial charge in [-0.25, -0.2) is 4.98 Å². The van der Waals surface area contributed by atoms with Crippen molar-refractivity contribution in [1.29, 1.82) is 0 Å². The zero-order chi connectivity index (χ0) is 26.0. The predicted octanol–water partition coefficient (Wildman–Crippen LogP) is 7.07. The van der Waals surface area contributed by atoms with Crippen LogP contribution in [0.25, 0.3) is 10.9 Å². The Bertz CT molecular complexity index is 1530. The van der Waals surface area contributed by atoms with E-state index in [1.165, 1.54) is 23.0 Å². The van der Waals surface area contributed by atoms with E-state index in [0.717, 1.165) is 10.0 Å². The maximum absolute atomic E-state index is 13.2. The van der Waals surface area contributed by atoms with Crippen molar-refractivity contribution in [3.05, 3.63) is 106 Å². The van der Waals surface area contributed by atoms with Gasteiger partial charge < -0.3 is 4.74 Å². The van der Waals surface area contributed by atoms with Crippen molar-refractivity contribution >= 4 is 66.3 Å². The van der Waals surface area contributed by atoms with Crippen LogP contribution in [0.4, 0.5) is 5.69 Å². The summed E-state index contributed by atoms with van der Waals surface area (Å²) in [6.07, 6.45) is 1.54.